The van der Waals surface area contributed by atoms with Crippen LogP contribution in [0.15, 0.2) is 0 Å². The SMILES string of the molecule is O=S(=O)(CCCl)N[C@H]1CCCC[C@@H]1O. The van der Waals surface area contributed by atoms with E-state index in [1.165, 1.54) is 0 Å². The van der Waals surface area contributed by atoms with Gasteiger partial charge < -0.3 is 5.11 Å². The van der Waals surface area contributed by atoms with Crippen molar-refractivity contribution in [2.24, 2.45) is 0 Å². The fourth-order valence-electron chi connectivity index (χ4n) is 1.64. The molecule has 1 rings (SSSR count). The smallest absolute Gasteiger partial charge is 0.213 e. The summed E-state index contributed by atoms with van der Waals surface area (Å²) in [4.78, 5) is 0. The number of rotatable bonds is 4. The average Bonchev–Trinajstić information content (AvgIpc) is 2.08. The normalized spacial score (nSPS) is 29.0. The molecular weight excluding hydrogens is 226 g/mol. The largest absolute Gasteiger partial charge is 0.391 e. The second-order valence-electron chi connectivity index (χ2n) is 3.58. The van der Waals surface area contributed by atoms with Gasteiger partial charge in [0.25, 0.3) is 0 Å². The molecule has 0 radical (unpaired) electrons. The lowest BCUT2D eigenvalue weighted by Gasteiger charge is -2.27. The van der Waals surface area contributed by atoms with E-state index in [0.717, 1.165) is 12.8 Å². The van der Waals surface area contributed by atoms with Gasteiger partial charge in [0, 0.05) is 11.9 Å². The molecule has 84 valence electrons. The summed E-state index contributed by atoms with van der Waals surface area (Å²) in [5, 5.41) is 9.54. The van der Waals surface area contributed by atoms with Crippen LogP contribution in [0.1, 0.15) is 25.7 Å². The van der Waals surface area contributed by atoms with Gasteiger partial charge >= 0.3 is 0 Å². The summed E-state index contributed by atoms with van der Waals surface area (Å²) >= 11 is 5.36. The van der Waals surface area contributed by atoms with Gasteiger partial charge in [-0.3, -0.25) is 0 Å². The predicted octanol–water partition coefficient (Wildman–Crippen LogP) is 0.448. The highest BCUT2D eigenvalue weighted by atomic mass is 35.5. The molecule has 1 fully saturated rings. The monoisotopic (exact) mass is 241 g/mol. The number of nitrogens with one attached hydrogen (secondary N) is 1. The molecular formula is C8H16ClNO3S. The van der Waals surface area contributed by atoms with Crippen LogP contribution < -0.4 is 4.72 Å². The van der Waals surface area contributed by atoms with Crippen LogP contribution in [0.4, 0.5) is 0 Å². The number of hydrogen-bond donors (Lipinski definition) is 2. The van der Waals surface area contributed by atoms with Gasteiger partial charge in [-0.05, 0) is 12.8 Å². The van der Waals surface area contributed by atoms with Crippen molar-refractivity contribution in [2.75, 3.05) is 11.6 Å². The maximum atomic E-state index is 11.3. The first-order valence-electron chi connectivity index (χ1n) is 4.79. The van der Waals surface area contributed by atoms with E-state index in [4.69, 9.17) is 11.6 Å². The molecule has 1 aliphatic carbocycles. The lowest BCUT2D eigenvalue weighted by atomic mass is 9.93. The van der Waals surface area contributed by atoms with Gasteiger partial charge in [-0.15, -0.1) is 11.6 Å². The van der Waals surface area contributed by atoms with Gasteiger partial charge in [0.05, 0.1) is 11.9 Å². The van der Waals surface area contributed by atoms with Crippen molar-refractivity contribution in [3.63, 3.8) is 0 Å². The third-order valence-electron chi connectivity index (χ3n) is 2.41. The second kappa shape index (κ2) is 5.30. The molecule has 1 aliphatic rings. The summed E-state index contributed by atoms with van der Waals surface area (Å²) in [5.74, 6) is -0.00404. The van der Waals surface area contributed by atoms with Gasteiger partial charge in [0.2, 0.25) is 10.0 Å². The Morgan fingerprint density at radius 3 is 2.57 bits per heavy atom. The van der Waals surface area contributed by atoms with Crippen LogP contribution in [0.3, 0.4) is 0 Å². The highest BCUT2D eigenvalue weighted by Crippen LogP contribution is 2.18. The van der Waals surface area contributed by atoms with E-state index in [0.29, 0.717) is 12.8 Å². The Balaban J connectivity index is 2.49. The summed E-state index contributed by atoms with van der Waals surface area (Å²) in [7, 11) is -3.31. The number of halogens is 1. The molecule has 0 amide bonds. The fraction of sp³-hybridized carbons (Fsp3) is 1.00. The highest BCUT2D eigenvalue weighted by Gasteiger charge is 2.26. The van der Waals surface area contributed by atoms with E-state index >= 15 is 0 Å². The molecule has 2 atom stereocenters. The Morgan fingerprint density at radius 2 is 2.00 bits per heavy atom. The third-order valence-corrected chi connectivity index (χ3v) is 4.22. The van der Waals surface area contributed by atoms with E-state index in [9.17, 15) is 13.5 Å². The van der Waals surface area contributed by atoms with Gasteiger partial charge in [0.1, 0.15) is 0 Å². The van der Waals surface area contributed by atoms with Crippen LogP contribution in [0.2, 0.25) is 0 Å². The van der Waals surface area contributed by atoms with E-state index in [-0.39, 0.29) is 17.7 Å². The van der Waals surface area contributed by atoms with Crippen molar-refractivity contribution in [2.45, 2.75) is 37.8 Å². The van der Waals surface area contributed by atoms with Gasteiger partial charge in [0.15, 0.2) is 0 Å². The first-order valence-corrected chi connectivity index (χ1v) is 6.98. The Bertz CT molecular complexity index is 268. The standard InChI is InChI=1S/C8H16ClNO3S/c9-5-6-14(12,13)10-7-3-1-2-4-8(7)11/h7-8,10-11H,1-6H2/t7-,8-/m0/s1. The van der Waals surface area contributed by atoms with Gasteiger partial charge in [-0.1, -0.05) is 12.8 Å². The maximum Gasteiger partial charge on any atom is 0.213 e. The van der Waals surface area contributed by atoms with Gasteiger partial charge in [-0.2, -0.15) is 0 Å². The molecule has 0 saturated heterocycles. The number of hydrogen-bond acceptors (Lipinski definition) is 3. The van der Waals surface area contributed by atoms with Crippen LogP contribution in [-0.4, -0.2) is 37.3 Å². The van der Waals surface area contributed by atoms with Crippen LogP contribution in [0, 0.1) is 0 Å². The zero-order valence-corrected chi connectivity index (χ0v) is 9.52. The van der Waals surface area contributed by atoms with E-state index in [1.54, 1.807) is 0 Å². The Labute approximate surface area is 89.7 Å². The number of sulfonamides is 1. The number of aliphatic hydroxyl groups excluding tert-OH is 1. The molecule has 14 heavy (non-hydrogen) atoms. The molecule has 0 aromatic rings. The topological polar surface area (TPSA) is 66.4 Å². The quantitative estimate of drug-likeness (QED) is 0.703. The van der Waals surface area contributed by atoms with Crippen molar-refractivity contribution < 1.29 is 13.5 Å². The molecule has 2 N–H and O–H groups in total. The number of alkyl halides is 1. The van der Waals surface area contributed by atoms with Gasteiger partial charge in [-0.25, -0.2) is 13.1 Å². The minimum absolute atomic E-state index is 0.0815. The molecule has 0 bridgehead atoms. The first-order chi connectivity index (χ1) is 6.55. The molecule has 0 aliphatic heterocycles. The highest BCUT2D eigenvalue weighted by molar-refractivity contribution is 7.89. The van der Waals surface area contributed by atoms with Crippen molar-refractivity contribution >= 4 is 21.6 Å². The second-order valence-corrected chi connectivity index (χ2v) is 5.84. The summed E-state index contributed by atoms with van der Waals surface area (Å²) in [6.07, 6.45) is 2.77. The summed E-state index contributed by atoms with van der Waals surface area (Å²) in [6.45, 7) is 0. The lowest BCUT2D eigenvalue weighted by Crippen LogP contribution is -2.45. The van der Waals surface area contributed by atoms with E-state index < -0.39 is 16.1 Å². The van der Waals surface area contributed by atoms with Crippen LogP contribution in [-0.2, 0) is 10.0 Å². The maximum absolute atomic E-state index is 11.3. The molecule has 0 spiro atoms. The zero-order chi connectivity index (χ0) is 10.6. The Kier molecular flexibility index (Phi) is 4.63. The van der Waals surface area contributed by atoms with Crippen molar-refractivity contribution in [1.82, 2.24) is 4.72 Å². The lowest BCUT2D eigenvalue weighted by molar-refractivity contribution is 0.101. The average molecular weight is 242 g/mol. The molecule has 1 saturated carbocycles. The van der Waals surface area contributed by atoms with E-state index in [1.807, 2.05) is 0 Å². The molecule has 0 unspecified atom stereocenters. The third kappa shape index (κ3) is 3.73. The molecule has 4 nitrogen and oxygen atoms in total. The van der Waals surface area contributed by atoms with Crippen LogP contribution in [0.5, 0.6) is 0 Å². The molecule has 0 aromatic carbocycles. The zero-order valence-electron chi connectivity index (χ0n) is 7.95. The molecule has 6 heteroatoms. The number of aliphatic hydroxyl groups is 1. The van der Waals surface area contributed by atoms with Crippen LogP contribution >= 0.6 is 11.6 Å². The molecule has 0 aromatic heterocycles. The Morgan fingerprint density at radius 1 is 1.36 bits per heavy atom. The summed E-state index contributed by atoms with van der Waals surface area (Å²) < 4.78 is 25.2. The minimum Gasteiger partial charge on any atom is -0.391 e. The predicted molar refractivity (Wildman–Crippen MR) is 55.9 cm³/mol. The Hall–Kier alpha value is 0.160. The van der Waals surface area contributed by atoms with Crippen molar-refractivity contribution in [3.8, 4) is 0 Å². The minimum atomic E-state index is -3.31. The molecule has 0 heterocycles. The summed E-state index contributed by atoms with van der Waals surface area (Å²) in [6, 6.07) is -0.322. The first kappa shape index (κ1) is 12.2. The summed E-state index contributed by atoms with van der Waals surface area (Å²) in [5.41, 5.74) is 0. The fourth-order valence-corrected chi connectivity index (χ4v) is 3.31. The van der Waals surface area contributed by atoms with Crippen molar-refractivity contribution in [3.05, 3.63) is 0 Å². The van der Waals surface area contributed by atoms with Crippen LogP contribution in [0.25, 0.3) is 0 Å². The van der Waals surface area contributed by atoms with Crippen molar-refractivity contribution in [1.29, 1.82) is 0 Å². The van der Waals surface area contributed by atoms with E-state index in [2.05, 4.69) is 4.72 Å².